The van der Waals surface area contributed by atoms with Gasteiger partial charge in [0.15, 0.2) is 6.30 Å². The van der Waals surface area contributed by atoms with Crippen LogP contribution in [-0.2, 0) is 0 Å². The zero-order valence-electron chi connectivity index (χ0n) is 6.60. The highest BCUT2D eigenvalue weighted by Crippen LogP contribution is 2.08. The fourth-order valence-corrected chi connectivity index (χ4v) is 1.27. The molecule has 1 fully saturated rings. The molecule has 60 valence electrons. The maximum absolute atomic E-state index is 13.0. The summed E-state index contributed by atoms with van der Waals surface area (Å²) in [6.45, 7) is 6.28. The van der Waals surface area contributed by atoms with Gasteiger partial charge in [0, 0.05) is 25.7 Å². The number of hydrogen-bond acceptors (Lipinski definition) is 2. The van der Waals surface area contributed by atoms with Crippen molar-refractivity contribution in [1.82, 2.24) is 10.2 Å². The molecule has 1 aliphatic rings. The normalized spacial score (nSPS) is 29.4. The monoisotopic (exact) mass is 146 g/mol. The highest BCUT2D eigenvalue weighted by molar-refractivity contribution is 4.74. The molecular weight excluding hydrogens is 131 g/mol. The van der Waals surface area contributed by atoms with E-state index in [-0.39, 0.29) is 0 Å². The van der Waals surface area contributed by atoms with Crippen molar-refractivity contribution in [1.29, 1.82) is 0 Å². The van der Waals surface area contributed by atoms with E-state index in [1.807, 2.05) is 18.7 Å². The number of piperazine rings is 1. The quantitative estimate of drug-likeness (QED) is 0.545. The van der Waals surface area contributed by atoms with E-state index < -0.39 is 6.30 Å². The molecule has 1 unspecified atom stereocenters. The summed E-state index contributed by atoms with van der Waals surface area (Å²) in [5, 5.41) is 3.00. The van der Waals surface area contributed by atoms with Crippen LogP contribution in [0.25, 0.3) is 0 Å². The van der Waals surface area contributed by atoms with Crippen LogP contribution in [0.4, 0.5) is 4.39 Å². The Morgan fingerprint density at radius 2 is 2.30 bits per heavy atom. The van der Waals surface area contributed by atoms with Gasteiger partial charge in [-0.3, -0.25) is 4.90 Å². The van der Waals surface area contributed by atoms with Gasteiger partial charge in [0.25, 0.3) is 0 Å². The fraction of sp³-hybridized carbons (Fsp3) is 1.00. The molecule has 3 heteroatoms. The summed E-state index contributed by atoms with van der Waals surface area (Å²) in [4.78, 5) is 1.87. The van der Waals surface area contributed by atoms with Crippen molar-refractivity contribution < 1.29 is 4.39 Å². The minimum atomic E-state index is -0.784. The molecule has 2 nitrogen and oxygen atoms in total. The van der Waals surface area contributed by atoms with Crippen molar-refractivity contribution in [3.63, 3.8) is 0 Å². The van der Waals surface area contributed by atoms with E-state index in [2.05, 4.69) is 5.32 Å². The van der Waals surface area contributed by atoms with Gasteiger partial charge in [-0.2, -0.15) is 0 Å². The van der Waals surface area contributed by atoms with E-state index in [1.54, 1.807) is 0 Å². The zero-order chi connectivity index (χ0) is 7.56. The Bertz CT molecular complexity index is 106. The molecule has 0 saturated carbocycles. The topological polar surface area (TPSA) is 15.3 Å². The lowest BCUT2D eigenvalue weighted by Crippen LogP contribution is -2.51. The number of halogens is 1. The minimum Gasteiger partial charge on any atom is -0.311 e. The predicted molar refractivity (Wildman–Crippen MR) is 39.6 cm³/mol. The molecule has 1 aliphatic heterocycles. The molecule has 1 atom stereocenters. The van der Waals surface area contributed by atoms with Crippen molar-refractivity contribution in [3.8, 4) is 0 Å². The van der Waals surface area contributed by atoms with Gasteiger partial charge in [0.1, 0.15) is 0 Å². The van der Waals surface area contributed by atoms with Crippen LogP contribution in [0.15, 0.2) is 0 Å². The maximum Gasteiger partial charge on any atom is 0.166 e. The summed E-state index contributed by atoms with van der Waals surface area (Å²) in [6.07, 6.45) is -0.784. The lowest BCUT2D eigenvalue weighted by molar-refractivity contribution is 0.0333. The Morgan fingerprint density at radius 3 is 2.70 bits per heavy atom. The van der Waals surface area contributed by atoms with Crippen molar-refractivity contribution in [3.05, 3.63) is 0 Å². The largest absolute Gasteiger partial charge is 0.311 e. The lowest BCUT2D eigenvalue weighted by atomic mass is 10.2. The second kappa shape index (κ2) is 3.30. The second-order valence-corrected chi connectivity index (χ2v) is 2.97. The first-order valence-corrected chi connectivity index (χ1v) is 3.82. The van der Waals surface area contributed by atoms with Crippen LogP contribution in [0.2, 0.25) is 0 Å². The van der Waals surface area contributed by atoms with E-state index in [0.717, 1.165) is 13.1 Å². The third kappa shape index (κ3) is 1.67. The average Bonchev–Trinajstić information content (AvgIpc) is 1.88. The molecule has 0 bridgehead atoms. The Balaban J connectivity index is 2.40. The van der Waals surface area contributed by atoms with Crippen LogP contribution in [0.3, 0.4) is 0 Å². The van der Waals surface area contributed by atoms with Crippen LogP contribution in [-0.4, -0.2) is 36.9 Å². The molecule has 0 spiro atoms. The van der Waals surface area contributed by atoms with Gasteiger partial charge < -0.3 is 5.32 Å². The smallest absolute Gasteiger partial charge is 0.166 e. The summed E-state index contributed by atoms with van der Waals surface area (Å²) in [5.41, 5.74) is 0. The van der Waals surface area contributed by atoms with Gasteiger partial charge in [-0.05, 0) is 13.8 Å². The van der Waals surface area contributed by atoms with Gasteiger partial charge in [-0.15, -0.1) is 0 Å². The maximum atomic E-state index is 13.0. The molecule has 0 amide bonds. The Morgan fingerprint density at radius 1 is 1.60 bits per heavy atom. The number of alkyl halides is 1. The first kappa shape index (κ1) is 7.95. The van der Waals surface area contributed by atoms with E-state index in [9.17, 15) is 4.39 Å². The highest BCUT2D eigenvalue weighted by atomic mass is 19.1. The van der Waals surface area contributed by atoms with E-state index in [1.165, 1.54) is 0 Å². The SMILES string of the molecule is CC(C)N1CCNCC1F. The van der Waals surface area contributed by atoms with E-state index >= 15 is 0 Å². The molecule has 1 rings (SSSR count). The number of rotatable bonds is 1. The van der Waals surface area contributed by atoms with Crippen molar-refractivity contribution in [2.24, 2.45) is 0 Å². The lowest BCUT2D eigenvalue weighted by Gasteiger charge is -2.33. The third-order valence-corrected chi connectivity index (χ3v) is 1.88. The predicted octanol–water partition coefficient (Wildman–Crippen LogP) is 0.596. The van der Waals surface area contributed by atoms with Gasteiger partial charge in [-0.25, -0.2) is 4.39 Å². The molecule has 0 aliphatic carbocycles. The summed E-state index contributed by atoms with van der Waals surface area (Å²) in [6, 6.07) is 0.331. The molecule has 0 aromatic heterocycles. The first-order valence-electron chi connectivity index (χ1n) is 3.82. The van der Waals surface area contributed by atoms with Gasteiger partial charge in [0.05, 0.1) is 0 Å². The zero-order valence-corrected chi connectivity index (χ0v) is 6.60. The van der Waals surface area contributed by atoms with E-state index in [0.29, 0.717) is 12.6 Å². The second-order valence-electron chi connectivity index (χ2n) is 2.97. The Hall–Kier alpha value is -0.150. The first-order chi connectivity index (χ1) is 4.72. The van der Waals surface area contributed by atoms with Crippen molar-refractivity contribution in [2.75, 3.05) is 19.6 Å². The van der Waals surface area contributed by atoms with Gasteiger partial charge in [-0.1, -0.05) is 0 Å². The highest BCUT2D eigenvalue weighted by Gasteiger charge is 2.22. The van der Waals surface area contributed by atoms with Crippen LogP contribution < -0.4 is 5.32 Å². The Kier molecular flexibility index (Phi) is 2.63. The molecule has 0 aromatic carbocycles. The van der Waals surface area contributed by atoms with E-state index in [4.69, 9.17) is 0 Å². The van der Waals surface area contributed by atoms with Crippen LogP contribution in [0.5, 0.6) is 0 Å². The van der Waals surface area contributed by atoms with Crippen molar-refractivity contribution >= 4 is 0 Å². The summed E-state index contributed by atoms with van der Waals surface area (Å²) in [7, 11) is 0. The molecule has 0 aromatic rings. The van der Waals surface area contributed by atoms with Crippen molar-refractivity contribution in [2.45, 2.75) is 26.2 Å². The molecule has 10 heavy (non-hydrogen) atoms. The van der Waals surface area contributed by atoms with Crippen LogP contribution >= 0.6 is 0 Å². The van der Waals surface area contributed by atoms with Gasteiger partial charge in [0.2, 0.25) is 0 Å². The van der Waals surface area contributed by atoms with Gasteiger partial charge >= 0.3 is 0 Å². The molecule has 1 saturated heterocycles. The van der Waals surface area contributed by atoms with Crippen LogP contribution in [0, 0.1) is 0 Å². The standard InChI is InChI=1S/C7H15FN2/c1-6(2)10-4-3-9-5-7(10)8/h6-7,9H,3-5H2,1-2H3. The summed E-state index contributed by atoms with van der Waals surface area (Å²) in [5.74, 6) is 0. The van der Waals surface area contributed by atoms with Crippen LogP contribution in [0.1, 0.15) is 13.8 Å². The minimum absolute atomic E-state index is 0.331. The molecule has 1 N–H and O–H groups in total. The summed E-state index contributed by atoms with van der Waals surface area (Å²) >= 11 is 0. The molecule has 0 radical (unpaired) electrons. The molecular formula is C7H15FN2. The average molecular weight is 146 g/mol. The summed E-state index contributed by atoms with van der Waals surface area (Å²) < 4.78 is 13.0. The number of nitrogens with one attached hydrogen (secondary N) is 1. The fourth-order valence-electron chi connectivity index (χ4n) is 1.27. The number of nitrogens with zero attached hydrogens (tertiary/aromatic N) is 1. The Labute approximate surface area is 61.4 Å². The molecule has 1 heterocycles. The number of hydrogen-bond donors (Lipinski definition) is 1. The third-order valence-electron chi connectivity index (χ3n) is 1.88.